The smallest absolute Gasteiger partial charge is 0.265 e. The van der Waals surface area contributed by atoms with E-state index >= 15 is 0 Å². The molecule has 4 rings (SSSR count). The predicted molar refractivity (Wildman–Crippen MR) is 121 cm³/mol. The lowest BCUT2D eigenvalue weighted by Crippen LogP contribution is -2.13. The Labute approximate surface area is 187 Å². The van der Waals surface area contributed by atoms with Gasteiger partial charge in [-0.2, -0.15) is 5.10 Å². The Morgan fingerprint density at radius 2 is 2.03 bits per heavy atom. The second-order valence-corrected chi connectivity index (χ2v) is 9.44. The monoisotopic (exact) mass is 470 g/mol. The molecule has 0 unspecified atom stereocenters. The van der Waals surface area contributed by atoms with Gasteiger partial charge in [0.2, 0.25) is 0 Å². The number of hydrogen-bond acceptors (Lipinski definition) is 9. The van der Waals surface area contributed by atoms with Gasteiger partial charge in [0.25, 0.3) is 5.91 Å². The molecule has 3 aromatic heterocycles. The first-order chi connectivity index (χ1) is 15.4. The number of carbonyl (C=O) groups excluding carboxylic acids is 1. The molecule has 12 heteroatoms. The fraction of sp³-hybridized carbons (Fsp3) is 0.150. The standard InChI is InChI=1S/C20H18N6O4S2/c1-31-20-17-18(22-11-16(27)21-10-14-4-3-9-30-14)23-12-24-19(17)26(25-20)13-5-7-15(8-6-13)32(2,28)29/h3-10,12H,11H2,1-2H3,(H,22,23,24). The SMILES string of the molecule is CSc1nn(-c2ccc(S(C)(=O)=O)cc2)c2ncnc(NCC(=O)N=Cc3ccco3)c12. The summed E-state index contributed by atoms with van der Waals surface area (Å²) in [6.45, 7) is -0.0780. The molecule has 0 aliphatic carbocycles. The zero-order valence-corrected chi connectivity index (χ0v) is 18.7. The van der Waals surface area contributed by atoms with E-state index in [0.29, 0.717) is 33.3 Å². The number of aromatic nitrogens is 4. The molecule has 32 heavy (non-hydrogen) atoms. The van der Waals surface area contributed by atoms with Crippen LogP contribution in [0.5, 0.6) is 0 Å². The van der Waals surface area contributed by atoms with Gasteiger partial charge >= 0.3 is 0 Å². The van der Waals surface area contributed by atoms with Crippen LogP contribution in [0.25, 0.3) is 16.7 Å². The maximum Gasteiger partial charge on any atom is 0.265 e. The number of sulfone groups is 1. The molecule has 0 radical (unpaired) electrons. The molecule has 10 nitrogen and oxygen atoms in total. The minimum Gasteiger partial charge on any atom is -0.463 e. The number of hydrogen-bond donors (Lipinski definition) is 1. The minimum absolute atomic E-state index is 0.0780. The molecule has 0 aliphatic heterocycles. The van der Waals surface area contributed by atoms with Gasteiger partial charge in [0.1, 0.15) is 22.9 Å². The summed E-state index contributed by atoms with van der Waals surface area (Å²) in [4.78, 5) is 24.8. The lowest BCUT2D eigenvalue weighted by Gasteiger charge is -2.06. The second kappa shape index (κ2) is 8.93. The number of benzene rings is 1. The number of amides is 1. The van der Waals surface area contributed by atoms with Gasteiger partial charge in [0, 0.05) is 6.26 Å². The van der Waals surface area contributed by atoms with E-state index in [2.05, 4.69) is 25.4 Å². The van der Waals surface area contributed by atoms with Gasteiger partial charge in [-0.3, -0.25) is 4.79 Å². The largest absolute Gasteiger partial charge is 0.463 e. The van der Waals surface area contributed by atoms with Crippen molar-refractivity contribution in [2.24, 2.45) is 4.99 Å². The molecule has 0 aliphatic rings. The van der Waals surface area contributed by atoms with E-state index in [-0.39, 0.29) is 11.4 Å². The van der Waals surface area contributed by atoms with E-state index in [1.165, 1.54) is 42.7 Å². The van der Waals surface area contributed by atoms with Crippen LogP contribution in [0, 0.1) is 0 Å². The van der Waals surface area contributed by atoms with E-state index < -0.39 is 15.7 Å². The Kier molecular flexibility index (Phi) is 6.06. The molecule has 0 fully saturated rings. The highest BCUT2D eigenvalue weighted by Gasteiger charge is 2.18. The Bertz CT molecular complexity index is 1390. The van der Waals surface area contributed by atoms with Crippen LogP contribution in [0.15, 0.2) is 68.3 Å². The summed E-state index contributed by atoms with van der Waals surface area (Å²) in [7, 11) is -3.30. The van der Waals surface area contributed by atoms with Crippen molar-refractivity contribution in [3.63, 3.8) is 0 Å². The first-order valence-corrected chi connectivity index (χ1v) is 12.4. The topological polar surface area (TPSA) is 132 Å². The third-order valence-corrected chi connectivity index (χ3v) is 6.22. The van der Waals surface area contributed by atoms with Crippen molar-refractivity contribution in [3.05, 3.63) is 54.7 Å². The highest BCUT2D eigenvalue weighted by atomic mass is 32.2. The number of thioether (sulfide) groups is 1. The first-order valence-electron chi connectivity index (χ1n) is 9.29. The third-order valence-electron chi connectivity index (χ3n) is 4.42. The fourth-order valence-corrected chi connectivity index (χ4v) is 4.10. The average molecular weight is 471 g/mol. The number of fused-ring (bicyclic) bond motifs is 1. The van der Waals surface area contributed by atoms with E-state index in [1.807, 2.05) is 6.26 Å². The van der Waals surface area contributed by atoms with Crippen LogP contribution in [0.2, 0.25) is 0 Å². The minimum atomic E-state index is -3.30. The second-order valence-electron chi connectivity index (χ2n) is 6.63. The zero-order valence-electron chi connectivity index (χ0n) is 17.1. The Morgan fingerprint density at radius 1 is 1.25 bits per heavy atom. The third kappa shape index (κ3) is 4.55. The van der Waals surface area contributed by atoms with Crippen molar-refractivity contribution < 1.29 is 17.6 Å². The molecular weight excluding hydrogens is 452 g/mol. The van der Waals surface area contributed by atoms with Crippen LogP contribution >= 0.6 is 11.8 Å². The number of furan rings is 1. The maximum atomic E-state index is 12.1. The van der Waals surface area contributed by atoms with Gasteiger partial charge in [0.05, 0.1) is 35.0 Å². The number of rotatable bonds is 7. The molecule has 3 heterocycles. The Hall–Kier alpha value is -3.51. The predicted octanol–water partition coefficient (Wildman–Crippen LogP) is 2.59. The normalized spacial score (nSPS) is 11.9. The van der Waals surface area contributed by atoms with Crippen LogP contribution in [-0.2, 0) is 14.6 Å². The van der Waals surface area contributed by atoms with Crippen molar-refractivity contribution in [1.29, 1.82) is 0 Å². The van der Waals surface area contributed by atoms with Gasteiger partial charge < -0.3 is 9.73 Å². The van der Waals surface area contributed by atoms with Gasteiger partial charge in [0.15, 0.2) is 15.5 Å². The fourth-order valence-electron chi connectivity index (χ4n) is 2.92. The molecular formula is C20H18N6O4S2. The van der Waals surface area contributed by atoms with Gasteiger partial charge in [-0.25, -0.2) is 28.1 Å². The van der Waals surface area contributed by atoms with Gasteiger partial charge in [-0.1, -0.05) is 0 Å². The van der Waals surface area contributed by atoms with Crippen molar-refractivity contribution in [1.82, 2.24) is 19.7 Å². The number of nitrogens with zero attached hydrogens (tertiary/aromatic N) is 5. The lowest BCUT2D eigenvalue weighted by atomic mass is 10.3. The lowest BCUT2D eigenvalue weighted by molar-refractivity contribution is -0.116. The number of aliphatic imine (C=N–C) groups is 1. The van der Waals surface area contributed by atoms with Crippen LogP contribution in [0.4, 0.5) is 5.82 Å². The zero-order chi connectivity index (χ0) is 22.7. The van der Waals surface area contributed by atoms with Crippen LogP contribution in [-0.4, -0.2) is 59.3 Å². The summed E-state index contributed by atoms with van der Waals surface area (Å²) in [6.07, 6.45) is 7.24. The van der Waals surface area contributed by atoms with E-state index in [4.69, 9.17) is 4.42 Å². The summed E-state index contributed by atoms with van der Waals surface area (Å²) < 4.78 is 30.2. The summed E-state index contributed by atoms with van der Waals surface area (Å²) in [5, 5.41) is 8.89. The molecule has 164 valence electrons. The molecule has 0 saturated carbocycles. The highest BCUT2D eigenvalue weighted by Crippen LogP contribution is 2.31. The van der Waals surface area contributed by atoms with E-state index in [0.717, 1.165) is 6.26 Å². The molecule has 0 spiro atoms. The summed E-state index contributed by atoms with van der Waals surface area (Å²) in [5.41, 5.74) is 1.16. The summed E-state index contributed by atoms with van der Waals surface area (Å²) in [6, 6.07) is 9.77. The Morgan fingerprint density at radius 3 is 2.69 bits per heavy atom. The number of nitrogens with one attached hydrogen (secondary N) is 1. The van der Waals surface area contributed by atoms with Gasteiger partial charge in [-0.15, -0.1) is 11.8 Å². The van der Waals surface area contributed by atoms with E-state index in [1.54, 1.807) is 28.9 Å². The van der Waals surface area contributed by atoms with Gasteiger partial charge in [-0.05, 0) is 42.7 Å². The highest BCUT2D eigenvalue weighted by molar-refractivity contribution is 7.98. The molecule has 0 saturated heterocycles. The van der Waals surface area contributed by atoms with Crippen LogP contribution in [0.1, 0.15) is 5.76 Å². The Balaban J connectivity index is 1.63. The molecule has 1 amide bonds. The van der Waals surface area contributed by atoms with Crippen LogP contribution in [0.3, 0.4) is 0 Å². The quantitative estimate of drug-likeness (QED) is 0.320. The van der Waals surface area contributed by atoms with Crippen molar-refractivity contribution in [3.8, 4) is 5.69 Å². The molecule has 1 N–H and O–H groups in total. The molecule has 1 aromatic carbocycles. The summed E-state index contributed by atoms with van der Waals surface area (Å²) >= 11 is 1.40. The van der Waals surface area contributed by atoms with Crippen molar-refractivity contribution in [2.75, 3.05) is 24.4 Å². The van der Waals surface area contributed by atoms with Crippen molar-refractivity contribution in [2.45, 2.75) is 9.92 Å². The maximum absolute atomic E-state index is 12.1. The number of anilines is 1. The average Bonchev–Trinajstić information content (AvgIpc) is 3.43. The first kappa shape index (κ1) is 21.7. The van der Waals surface area contributed by atoms with E-state index in [9.17, 15) is 13.2 Å². The molecule has 4 aromatic rings. The molecule has 0 bridgehead atoms. The number of carbonyl (C=O) groups is 1. The van der Waals surface area contributed by atoms with Crippen molar-refractivity contribution >= 4 is 50.6 Å². The van der Waals surface area contributed by atoms with Crippen LogP contribution < -0.4 is 5.32 Å². The summed E-state index contributed by atoms with van der Waals surface area (Å²) in [5.74, 6) is 0.526. The molecule has 0 atom stereocenters.